The van der Waals surface area contributed by atoms with Crippen molar-refractivity contribution < 1.29 is 14.4 Å². The molecule has 0 heterocycles. The molecule has 1 N–H and O–H groups in total. The number of nitrogens with zero attached hydrogens (tertiary/aromatic N) is 1. The number of hydrogen-bond acceptors (Lipinski definition) is 5. The maximum absolute atomic E-state index is 11.0. The van der Waals surface area contributed by atoms with Gasteiger partial charge in [-0.05, 0) is 31.5 Å². The van der Waals surface area contributed by atoms with Crippen LogP contribution in [0.25, 0.3) is 0 Å². The topological polar surface area (TPSA) is 73.6 Å². The van der Waals surface area contributed by atoms with E-state index in [4.69, 9.17) is 9.47 Å². The normalized spacial score (nSPS) is 10.4. The largest absolute Gasteiger partial charge is 0.487 e. The van der Waals surface area contributed by atoms with Crippen LogP contribution < -0.4 is 10.1 Å². The van der Waals surface area contributed by atoms with Crippen LogP contribution in [0.4, 0.5) is 5.69 Å². The van der Waals surface area contributed by atoms with Crippen molar-refractivity contribution in [3.63, 3.8) is 0 Å². The lowest BCUT2D eigenvalue weighted by Gasteiger charge is -2.08. The SMILES string of the molecule is CNCc1ccc(OCCCCOC)c([N+](=O)[O-])c1. The number of benzene rings is 1. The van der Waals surface area contributed by atoms with Gasteiger partial charge in [0.1, 0.15) is 0 Å². The number of rotatable bonds is 9. The molecule has 0 saturated carbocycles. The van der Waals surface area contributed by atoms with E-state index in [-0.39, 0.29) is 5.69 Å². The Morgan fingerprint density at radius 1 is 1.32 bits per heavy atom. The van der Waals surface area contributed by atoms with E-state index in [1.807, 2.05) is 6.07 Å². The van der Waals surface area contributed by atoms with E-state index >= 15 is 0 Å². The summed E-state index contributed by atoms with van der Waals surface area (Å²) in [5.74, 6) is 0.322. The van der Waals surface area contributed by atoms with Crippen LogP contribution in [0.5, 0.6) is 5.75 Å². The summed E-state index contributed by atoms with van der Waals surface area (Å²) in [7, 11) is 3.44. The summed E-state index contributed by atoms with van der Waals surface area (Å²) < 4.78 is 10.4. The summed E-state index contributed by atoms with van der Waals surface area (Å²) in [6.07, 6.45) is 1.69. The predicted molar refractivity (Wildman–Crippen MR) is 72.5 cm³/mol. The highest BCUT2D eigenvalue weighted by molar-refractivity contribution is 5.48. The summed E-state index contributed by atoms with van der Waals surface area (Å²) in [5.41, 5.74) is 0.875. The molecular weight excluding hydrogens is 248 g/mol. The molecule has 0 unspecified atom stereocenters. The van der Waals surface area contributed by atoms with Gasteiger partial charge in [-0.1, -0.05) is 6.07 Å². The third-order valence-electron chi connectivity index (χ3n) is 2.60. The number of unbranched alkanes of at least 4 members (excludes halogenated alkanes) is 1. The van der Waals surface area contributed by atoms with E-state index in [9.17, 15) is 10.1 Å². The Kier molecular flexibility index (Phi) is 6.84. The van der Waals surface area contributed by atoms with Crippen LogP contribution in [0, 0.1) is 10.1 Å². The number of nitro benzene ring substituents is 1. The third kappa shape index (κ3) is 5.23. The van der Waals surface area contributed by atoms with Gasteiger partial charge >= 0.3 is 5.69 Å². The van der Waals surface area contributed by atoms with E-state index in [1.165, 1.54) is 0 Å². The Morgan fingerprint density at radius 3 is 2.68 bits per heavy atom. The lowest BCUT2D eigenvalue weighted by molar-refractivity contribution is -0.385. The van der Waals surface area contributed by atoms with E-state index < -0.39 is 4.92 Å². The number of ether oxygens (including phenoxy) is 2. The Balaban J connectivity index is 2.63. The summed E-state index contributed by atoms with van der Waals surface area (Å²) in [5, 5.41) is 14.0. The first kappa shape index (κ1) is 15.4. The number of hydrogen-bond donors (Lipinski definition) is 1. The molecular formula is C13H20N2O4. The molecule has 6 heteroatoms. The smallest absolute Gasteiger partial charge is 0.311 e. The minimum atomic E-state index is -0.413. The Bertz CT molecular complexity index is 410. The van der Waals surface area contributed by atoms with Gasteiger partial charge in [0, 0.05) is 26.3 Å². The average molecular weight is 268 g/mol. The second kappa shape index (κ2) is 8.44. The molecule has 0 spiro atoms. The molecule has 0 saturated heterocycles. The monoisotopic (exact) mass is 268 g/mol. The summed E-state index contributed by atoms with van der Waals surface area (Å²) in [4.78, 5) is 10.6. The molecule has 106 valence electrons. The highest BCUT2D eigenvalue weighted by Gasteiger charge is 2.15. The third-order valence-corrected chi connectivity index (χ3v) is 2.60. The van der Waals surface area contributed by atoms with Crippen molar-refractivity contribution in [1.29, 1.82) is 0 Å². The molecule has 0 aliphatic heterocycles. The average Bonchev–Trinajstić information content (AvgIpc) is 2.40. The van der Waals surface area contributed by atoms with Gasteiger partial charge in [-0.25, -0.2) is 0 Å². The van der Waals surface area contributed by atoms with E-state index in [2.05, 4.69) is 5.32 Å². The molecule has 0 atom stereocenters. The standard InChI is InChI=1S/C13H20N2O4/c1-14-10-11-5-6-13(12(9-11)15(16)17)19-8-4-3-7-18-2/h5-6,9,14H,3-4,7-8,10H2,1-2H3. The number of nitro groups is 1. The van der Waals surface area contributed by atoms with E-state index in [1.54, 1.807) is 26.3 Å². The molecule has 19 heavy (non-hydrogen) atoms. The molecule has 0 aliphatic carbocycles. The van der Waals surface area contributed by atoms with Gasteiger partial charge in [-0.3, -0.25) is 10.1 Å². The molecule has 1 aromatic rings. The van der Waals surface area contributed by atoms with E-state index in [0.29, 0.717) is 25.5 Å². The molecule has 0 bridgehead atoms. The second-order valence-corrected chi connectivity index (χ2v) is 4.14. The van der Waals surface area contributed by atoms with Crippen LogP contribution in [0.1, 0.15) is 18.4 Å². The van der Waals surface area contributed by atoms with Gasteiger partial charge < -0.3 is 14.8 Å². The molecule has 0 radical (unpaired) electrons. The van der Waals surface area contributed by atoms with E-state index in [0.717, 1.165) is 18.4 Å². The highest BCUT2D eigenvalue weighted by atomic mass is 16.6. The van der Waals surface area contributed by atoms with Gasteiger partial charge in [0.05, 0.1) is 11.5 Å². The molecule has 1 rings (SSSR count). The Morgan fingerprint density at radius 2 is 2.05 bits per heavy atom. The quantitative estimate of drug-likeness (QED) is 0.422. The van der Waals surface area contributed by atoms with Crippen LogP contribution in [-0.4, -0.2) is 32.3 Å². The van der Waals surface area contributed by atoms with Crippen molar-refractivity contribution in [3.8, 4) is 5.75 Å². The fourth-order valence-corrected chi connectivity index (χ4v) is 1.67. The van der Waals surface area contributed by atoms with Gasteiger partial charge in [0.2, 0.25) is 0 Å². The molecule has 1 aromatic carbocycles. The summed E-state index contributed by atoms with van der Waals surface area (Å²) >= 11 is 0. The Hall–Kier alpha value is -1.66. The first-order chi connectivity index (χ1) is 9.19. The van der Waals surface area contributed by atoms with Crippen LogP contribution in [0.15, 0.2) is 18.2 Å². The van der Waals surface area contributed by atoms with Crippen molar-refractivity contribution >= 4 is 5.69 Å². The second-order valence-electron chi connectivity index (χ2n) is 4.14. The zero-order chi connectivity index (χ0) is 14.1. The molecule has 0 amide bonds. The van der Waals surface area contributed by atoms with Gasteiger partial charge in [-0.15, -0.1) is 0 Å². The Labute approximate surface area is 112 Å². The van der Waals surface area contributed by atoms with Crippen LogP contribution >= 0.6 is 0 Å². The number of methoxy groups -OCH3 is 1. The molecule has 6 nitrogen and oxygen atoms in total. The first-order valence-corrected chi connectivity index (χ1v) is 6.22. The van der Waals surface area contributed by atoms with Crippen molar-refractivity contribution in [1.82, 2.24) is 5.32 Å². The van der Waals surface area contributed by atoms with Crippen molar-refractivity contribution in [2.75, 3.05) is 27.4 Å². The van der Waals surface area contributed by atoms with Crippen molar-refractivity contribution in [3.05, 3.63) is 33.9 Å². The van der Waals surface area contributed by atoms with Crippen molar-refractivity contribution in [2.45, 2.75) is 19.4 Å². The fourth-order valence-electron chi connectivity index (χ4n) is 1.67. The number of nitrogens with one attached hydrogen (secondary N) is 1. The van der Waals surface area contributed by atoms with Gasteiger partial charge in [0.25, 0.3) is 0 Å². The maximum Gasteiger partial charge on any atom is 0.311 e. The van der Waals surface area contributed by atoms with Crippen LogP contribution in [0.3, 0.4) is 0 Å². The minimum Gasteiger partial charge on any atom is -0.487 e. The van der Waals surface area contributed by atoms with Crippen molar-refractivity contribution in [2.24, 2.45) is 0 Å². The summed E-state index contributed by atoms with van der Waals surface area (Å²) in [6.45, 7) is 1.72. The zero-order valence-corrected chi connectivity index (χ0v) is 11.3. The van der Waals surface area contributed by atoms with Crippen LogP contribution in [0.2, 0.25) is 0 Å². The predicted octanol–water partition coefficient (Wildman–Crippen LogP) is 2.12. The zero-order valence-electron chi connectivity index (χ0n) is 11.3. The first-order valence-electron chi connectivity index (χ1n) is 6.22. The fraction of sp³-hybridized carbons (Fsp3) is 0.538. The minimum absolute atomic E-state index is 0.0134. The summed E-state index contributed by atoms with van der Waals surface area (Å²) in [6, 6.07) is 5.02. The molecule has 0 aliphatic rings. The lowest BCUT2D eigenvalue weighted by atomic mass is 10.2. The van der Waals surface area contributed by atoms with Gasteiger partial charge in [0.15, 0.2) is 5.75 Å². The lowest BCUT2D eigenvalue weighted by Crippen LogP contribution is -2.06. The molecule has 0 aromatic heterocycles. The highest BCUT2D eigenvalue weighted by Crippen LogP contribution is 2.28. The van der Waals surface area contributed by atoms with Crippen LogP contribution in [-0.2, 0) is 11.3 Å². The maximum atomic E-state index is 11.0. The van der Waals surface area contributed by atoms with Gasteiger partial charge in [-0.2, -0.15) is 0 Å². The molecule has 0 fully saturated rings.